The van der Waals surface area contributed by atoms with E-state index >= 15 is 0 Å². The van der Waals surface area contributed by atoms with Crippen molar-refractivity contribution in [3.05, 3.63) is 59.1 Å². The van der Waals surface area contributed by atoms with Crippen LogP contribution in [0.2, 0.25) is 5.02 Å². The Labute approximate surface area is 157 Å². The Bertz CT molecular complexity index is 804. The number of ether oxygens (including phenoxy) is 3. The van der Waals surface area contributed by atoms with Gasteiger partial charge in [-0.15, -0.1) is 0 Å². The summed E-state index contributed by atoms with van der Waals surface area (Å²) >= 11 is 6.10. The van der Waals surface area contributed by atoms with Crippen LogP contribution in [-0.2, 0) is 20.1 Å². The molecule has 0 atom stereocenters. The Morgan fingerprint density at radius 3 is 2.62 bits per heavy atom. The van der Waals surface area contributed by atoms with Gasteiger partial charge >= 0.3 is 0 Å². The molecule has 4 rings (SSSR count). The third-order valence-electron chi connectivity index (χ3n) is 4.60. The molecule has 2 aliphatic rings. The molecule has 2 heterocycles. The van der Waals surface area contributed by atoms with Crippen molar-refractivity contribution >= 4 is 23.2 Å². The zero-order chi connectivity index (χ0) is 18.0. The number of rotatable bonds is 5. The predicted molar refractivity (Wildman–Crippen MR) is 98.6 cm³/mol. The van der Waals surface area contributed by atoms with E-state index in [1.165, 1.54) is 0 Å². The van der Waals surface area contributed by atoms with Gasteiger partial charge < -0.3 is 19.1 Å². The smallest absolute Gasteiger partial charge is 0.292 e. The number of carbonyl (C=O) groups is 1. The van der Waals surface area contributed by atoms with Gasteiger partial charge in [-0.1, -0.05) is 41.9 Å². The predicted octanol–water partition coefficient (Wildman–Crippen LogP) is 3.75. The molecule has 0 aromatic heterocycles. The van der Waals surface area contributed by atoms with Gasteiger partial charge in [0.15, 0.2) is 0 Å². The topological polar surface area (TPSA) is 48.0 Å². The first-order valence-electron chi connectivity index (χ1n) is 8.79. The Morgan fingerprint density at radius 1 is 1.08 bits per heavy atom. The van der Waals surface area contributed by atoms with E-state index < -0.39 is 5.79 Å². The summed E-state index contributed by atoms with van der Waals surface area (Å²) in [6.07, 6.45) is 1.46. The molecule has 0 unspecified atom stereocenters. The van der Waals surface area contributed by atoms with Crippen LogP contribution in [-0.4, -0.2) is 32.3 Å². The number of hydrogen-bond acceptors (Lipinski definition) is 4. The normalized spacial score (nSPS) is 18.2. The Hall–Kier alpha value is -2.08. The minimum Gasteiger partial charge on any atom is -0.492 e. The van der Waals surface area contributed by atoms with Gasteiger partial charge in [0.25, 0.3) is 11.7 Å². The minimum atomic E-state index is -1.28. The molecular formula is C20H20ClNO4. The SMILES string of the molecule is O=C1N(CCCOc2ccccc2Cl)c2ccccc2C12OCCCO2. The zero-order valence-electron chi connectivity index (χ0n) is 14.3. The van der Waals surface area contributed by atoms with Crippen LogP contribution >= 0.6 is 11.6 Å². The summed E-state index contributed by atoms with van der Waals surface area (Å²) in [5, 5.41) is 0.582. The number of amides is 1. The average Bonchev–Trinajstić information content (AvgIpc) is 2.90. The molecule has 0 radical (unpaired) electrons. The lowest BCUT2D eigenvalue weighted by Gasteiger charge is -2.32. The van der Waals surface area contributed by atoms with Crippen molar-refractivity contribution in [2.75, 3.05) is 31.3 Å². The van der Waals surface area contributed by atoms with Crippen molar-refractivity contribution in [2.45, 2.75) is 18.6 Å². The highest BCUT2D eigenvalue weighted by Crippen LogP contribution is 2.45. The number of nitrogens with zero attached hydrogens (tertiary/aromatic N) is 1. The van der Waals surface area contributed by atoms with Crippen molar-refractivity contribution in [3.63, 3.8) is 0 Å². The summed E-state index contributed by atoms with van der Waals surface area (Å²) in [6.45, 7) is 2.02. The summed E-state index contributed by atoms with van der Waals surface area (Å²) in [7, 11) is 0. The lowest BCUT2D eigenvalue weighted by Crippen LogP contribution is -2.47. The molecule has 6 heteroatoms. The lowest BCUT2D eigenvalue weighted by molar-refractivity contribution is -0.256. The van der Waals surface area contributed by atoms with Gasteiger partial charge in [-0.3, -0.25) is 4.79 Å². The second-order valence-electron chi connectivity index (χ2n) is 6.27. The number of fused-ring (bicyclic) bond motifs is 2. The van der Waals surface area contributed by atoms with Gasteiger partial charge in [0, 0.05) is 12.1 Å². The van der Waals surface area contributed by atoms with E-state index in [2.05, 4.69) is 0 Å². The van der Waals surface area contributed by atoms with Crippen molar-refractivity contribution in [3.8, 4) is 5.75 Å². The van der Waals surface area contributed by atoms with E-state index in [-0.39, 0.29) is 5.91 Å². The molecular weight excluding hydrogens is 354 g/mol. The Kier molecular flexibility index (Phi) is 4.85. The van der Waals surface area contributed by atoms with Crippen LogP contribution < -0.4 is 9.64 Å². The molecule has 2 aliphatic heterocycles. The van der Waals surface area contributed by atoms with Crippen LogP contribution in [0.25, 0.3) is 0 Å². The highest BCUT2D eigenvalue weighted by Gasteiger charge is 2.54. The highest BCUT2D eigenvalue weighted by atomic mass is 35.5. The maximum absolute atomic E-state index is 13.1. The van der Waals surface area contributed by atoms with Gasteiger partial charge in [0.1, 0.15) is 5.75 Å². The number of anilines is 1. The molecule has 0 aliphatic carbocycles. The molecule has 5 nitrogen and oxygen atoms in total. The van der Waals surface area contributed by atoms with Crippen LogP contribution in [0, 0.1) is 0 Å². The molecule has 1 amide bonds. The molecule has 0 N–H and O–H groups in total. The summed E-state index contributed by atoms with van der Waals surface area (Å²) in [6, 6.07) is 15.0. The zero-order valence-corrected chi connectivity index (χ0v) is 15.1. The number of hydrogen-bond donors (Lipinski definition) is 0. The first-order valence-corrected chi connectivity index (χ1v) is 9.17. The average molecular weight is 374 g/mol. The summed E-state index contributed by atoms with van der Waals surface area (Å²) < 4.78 is 17.4. The fraction of sp³-hybridized carbons (Fsp3) is 0.350. The van der Waals surface area contributed by atoms with E-state index in [1.54, 1.807) is 11.0 Å². The third kappa shape index (κ3) is 2.96. The molecule has 26 heavy (non-hydrogen) atoms. The first kappa shape index (κ1) is 17.3. The maximum atomic E-state index is 13.1. The quantitative estimate of drug-likeness (QED) is 0.749. The fourth-order valence-corrected chi connectivity index (χ4v) is 3.58. The van der Waals surface area contributed by atoms with E-state index in [1.807, 2.05) is 42.5 Å². The van der Waals surface area contributed by atoms with Gasteiger partial charge in [0.05, 0.1) is 30.5 Å². The van der Waals surface area contributed by atoms with Crippen LogP contribution in [0.1, 0.15) is 18.4 Å². The standard InChI is InChI=1S/C20H20ClNO4/c21-16-8-2-4-10-18(16)24-12-5-11-22-17-9-3-1-7-15(17)20(19(22)23)25-13-6-14-26-20/h1-4,7-10H,5-6,11-14H2. The summed E-state index contributed by atoms with van der Waals surface area (Å²) in [4.78, 5) is 14.8. The molecule has 1 fully saturated rings. The van der Waals surface area contributed by atoms with Gasteiger partial charge in [-0.25, -0.2) is 0 Å². The van der Waals surface area contributed by atoms with Crippen molar-refractivity contribution in [1.29, 1.82) is 0 Å². The summed E-state index contributed by atoms with van der Waals surface area (Å²) in [5.41, 5.74) is 1.63. The number of benzene rings is 2. The van der Waals surface area contributed by atoms with E-state index in [9.17, 15) is 4.79 Å². The molecule has 2 aromatic rings. The molecule has 1 saturated heterocycles. The van der Waals surface area contributed by atoms with E-state index in [0.717, 1.165) is 17.7 Å². The largest absolute Gasteiger partial charge is 0.492 e. The maximum Gasteiger partial charge on any atom is 0.292 e. The third-order valence-corrected chi connectivity index (χ3v) is 4.91. The van der Waals surface area contributed by atoms with Gasteiger partial charge in [0.2, 0.25) is 0 Å². The second-order valence-corrected chi connectivity index (χ2v) is 6.68. The van der Waals surface area contributed by atoms with E-state index in [0.29, 0.717) is 43.6 Å². The molecule has 0 bridgehead atoms. The minimum absolute atomic E-state index is 0.156. The number of halogens is 1. The second kappa shape index (κ2) is 7.27. The van der Waals surface area contributed by atoms with Crippen LogP contribution in [0.4, 0.5) is 5.69 Å². The Balaban J connectivity index is 1.45. The highest BCUT2D eigenvalue weighted by molar-refractivity contribution is 6.32. The van der Waals surface area contributed by atoms with Gasteiger partial charge in [-0.05, 0) is 31.0 Å². The number of para-hydroxylation sites is 2. The number of carbonyl (C=O) groups excluding carboxylic acids is 1. The molecule has 1 spiro atoms. The first-order chi connectivity index (χ1) is 12.7. The van der Waals surface area contributed by atoms with E-state index in [4.69, 9.17) is 25.8 Å². The molecule has 0 saturated carbocycles. The molecule has 2 aromatic carbocycles. The van der Waals surface area contributed by atoms with Crippen molar-refractivity contribution in [1.82, 2.24) is 0 Å². The van der Waals surface area contributed by atoms with Crippen LogP contribution in [0.5, 0.6) is 5.75 Å². The lowest BCUT2D eigenvalue weighted by atomic mass is 10.1. The Morgan fingerprint density at radius 2 is 1.81 bits per heavy atom. The molecule has 136 valence electrons. The van der Waals surface area contributed by atoms with Crippen LogP contribution in [0.15, 0.2) is 48.5 Å². The van der Waals surface area contributed by atoms with Crippen molar-refractivity contribution < 1.29 is 19.0 Å². The van der Waals surface area contributed by atoms with Crippen LogP contribution in [0.3, 0.4) is 0 Å². The van der Waals surface area contributed by atoms with Gasteiger partial charge in [-0.2, -0.15) is 0 Å². The van der Waals surface area contributed by atoms with Crippen molar-refractivity contribution in [2.24, 2.45) is 0 Å². The summed E-state index contributed by atoms with van der Waals surface area (Å²) in [5.74, 6) is -0.785. The fourth-order valence-electron chi connectivity index (χ4n) is 3.39. The monoisotopic (exact) mass is 373 g/mol.